The summed E-state index contributed by atoms with van der Waals surface area (Å²) in [6.45, 7) is 3.67. The Morgan fingerprint density at radius 1 is 1.26 bits per heavy atom. The van der Waals surface area contributed by atoms with Gasteiger partial charge in [0.1, 0.15) is 17.3 Å². The normalized spacial score (nSPS) is 10.3. The van der Waals surface area contributed by atoms with Crippen LogP contribution in [0.3, 0.4) is 0 Å². The molecule has 0 spiro atoms. The number of aromatic nitrogens is 2. The van der Waals surface area contributed by atoms with Gasteiger partial charge in [-0.2, -0.15) is 4.98 Å². The van der Waals surface area contributed by atoms with Crippen LogP contribution in [0.2, 0.25) is 5.02 Å². The maximum atomic E-state index is 7.39. The molecule has 98 valence electrons. The summed E-state index contributed by atoms with van der Waals surface area (Å²) in [5.41, 5.74) is 7.32. The van der Waals surface area contributed by atoms with E-state index >= 15 is 0 Å². The third-order valence-corrected chi connectivity index (χ3v) is 2.68. The van der Waals surface area contributed by atoms with Crippen molar-refractivity contribution in [2.75, 3.05) is 0 Å². The maximum Gasteiger partial charge on any atom is 0.322 e. The lowest BCUT2D eigenvalue weighted by molar-refractivity contribution is 0.437. The number of hydrogen-bond donors (Lipinski definition) is 2. The van der Waals surface area contributed by atoms with Gasteiger partial charge in [0.15, 0.2) is 0 Å². The van der Waals surface area contributed by atoms with Crippen molar-refractivity contribution in [3.8, 4) is 11.8 Å². The van der Waals surface area contributed by atoms with Crippen LogP contribution >= 0.6 is 11.6 Å². The van der Waals surface area contributed by atoms with E-state index in [9.17, 15) is 0 Å². The molecule has 1 aromatic heterocycles. The number of amidine groups is 1. The summed E-state index contributed by atoms with van der Waals surface area (Å²) in [6.07, 6.45) is 0. The van der Waals surface area contributed by atoms with Crippen LogP contribution < -0.4 is 10.5 Å². The summed E-state index contributed by atoms with van der Waals surface area (Å²) in [6, 6.07) is 7.06. The van der Waals surface area contributed by atoms with E-state index in [1.54, 1.807) is 31.2 Å². The van der Waals surface area contributed by atoms with E-state index in [0.717, 1.165) is 5.56 Å². The molecule has 0 saturated carbocycles. The number of aryl methyl sites for hydroxylation is 2. The standard InChI is InChI=1S/C13H13ClN4O/c1-7-5-9(14)3-4-11(7)19-13-17-8(2)6-10(18-13)12(15)16/h3-6H,1-2H3,(H3,15,16). The van der Waals surface area contributed by atoms with Crippen molar-refractivity contribution < 1.29 is 4.74 Å². The fourth-order valence-electron chi connectivity index (χ4n) is 1.55. The average Bonchev–Trinajstić information content (AvgIpc) is 2.32. The first-order valence-corrected chi connectivity index (χ1v) is 5.97. The molecule has 0 amide bonds. The summed E-state index contributed by atoms with van der Waals surface area (Å²) in [7, 11) is 0. The molecule has 1 aromatic carbocycles. The van der Waals surface area contributed by atoms with E-state index in [1.807, 2.05) is 6.92 Å². The van der Waals surface area contributed by atoms with Crippen LogP contribution in [0.4, 0.5) is 0 Å². The maximum absolute atomic E-state index is 7.39. The molecule has 0 radical (unpaired) electrons. The van der Waals surface area contributed by atoms with Gasteiger partial charge in [0.2, 0.25) is 0 Å². The van der Waals surface area contributed by atoms with E-state index in [4.69, 9.17) is 27.5 Å². The predicted octanol–water partition coefficient (Wildman–Crippen LogP) is 2.82. The molecule has 0 aliphatic carbocycles. The molecular formula is C13H13ClN4O. The lowest BCUT2D eigenvalue weighted by Gasteiger charge is -2.09. The summed E-state index contributed by atoms with van der Waals surface area (Å²) in [5.74, 6) is 0.493. The zero-order valence-electron chi connectivity index (χ0n) is 10.6. The van der Waals surface area contributed by atoms with Crippen molar-refractivity contribution in [3.63, 3.8) is 0 Å². The SMILES string of the molecule is Cc1cc(C(=N)N)nc(Oc2ccc(Cl)cc2C)n1. The van der Waals surface area contributed by atoms with Crippen LogP contribution in [-0.4, -0.2) is 15.8 Å². The number of nitrogens with two attached hydrogens (primary N) is 1. The lowest BCUT2D eigenvalue weighted by Crippen LogP contribution is -2.14. The highest BCUT2D eigenvalue weighted by atomic mass is 35.5. The van der Waals surface area contributed by atoms with Gasteiger partial charge < -0.3 is 10.5 Å². The zero-order valence-corrected chi connectivity index (χ0v) is 11.3. The van der Waals surface area contributed by atoms with E-state index in [2.05, 4.69) is 9.97 Å². The number of benzene rings is 1. The Bertz CT molecular complexity index is 643. The molecule has 2 rings (SSSR count). The molecule has 3 N–H and O–H groups in total. The molecule has 0 fully saturated rings. The topological polar surface area (TPSA) is 84.9 Å². The minimum absolute atomic E-state index is 0.122. The van der Waals surface area contributed by atoms with Gasteiger partial charge in [-0.3, -0.25) is 5.41 Å². The number of halogens is 1. The first kappa shape index (κ1) is 13.3. The number of nitrogens with zero attached hydrogens (tertiary/aromatic N) is 2. The summed E-state index contributed by atoms with van der Waals surface area (Å²) in [4.78, 5) is 8.23. The minimum atomic E-state index is -0.122. The van der Waals surface area contributed by atoms with Crippen LogP contribution in [0.25, 0.3) is 0 Å². The van der Waals surface area contributed by atoms with E-state index in [-0.39, 0.29) is 11.8 Å². The van der Waals surface area contributed by atoms with Crippen molar-refractivity contribution in [2.24, 2.45) is 5.73 Å². The number of nitrogens with one attached hydrogen (secondary N) is 1. The van der Waals surface area contributed by atoms with Gasteiger partial charge in [0, 0.05) is 10.7 Å². The third kappa shape index (κ3) is 3.20. The molecule has 0 aliphatic rings. The monoisotopic (exact) mass is 276 g/mol. The van der Waals surface area contributed by atoms with Crippen molar-refractivity contribution in [3.05, 3.63) is 46.2 Å². The Morgan fingerprint density at radius 2 is 2.00 bits per heavy atom. The second-order valence-corrected chi connectivity index (χ2v) is 4.54. The van der Waals surface area contributed by atoms with Crippen LogP contribution in [0.1, 0.15) is 17.0 Å². The highest BCUT2D eigenvalue weighted by Crippen LogP contribution is 2.25. The van der Waals surface area contributed by atoms with E-state index < -0.39 is 0 Å². The largest absolute Gasteiger partial charge is 0.424 e. The molecule has 1 heterocycles. The Morgan fingerprint density at radius 3 is 2.63 bits per heavy atom. The fraction of sp³-hybridized carbons (Fsp3) is 0.154. The lowest BCUT2D eigenvalue weighted by atomic mass is 10.2. The molecule has 0 saturated heterocycles. The number of ether oxygens (including phenoxy) is 1. The number of nitrogen functional groups attached to an aromatic ring is 1. The zero-order chi connectivity index (χ0) is 14.0. The van der Waals surface area contributed by atoms with Crippen LogP contribution in [-0.2, 0) is 0 Å². The quantitative estimate of drug-likeness (QED) is 0.667. The van der Waals surface area contributed by atoms with Gasteiger partial charge in [-0.1, -0.05) is 11.6 Å². The second-order valence-electron chi connectivity index (χ2n) is 4.10. The first-order chi connectivity index (χ1) is 8.95. The molecule has 0 atom stereocenters. The fourth-order valence-corrected chi connectivity index (χ4v) is 1.78. The average molecular weight is 277 g/mol. The van der Waals surface area contributed by atoms with Crippen molar-refractivity contribution in [2.45, 2.75) is 13.8 Å². The highest BCUT2D eigenvalue weighted by molar-refractivity contribution is 6.30. The Hall–Kier alpha value is -2.14. The molecule has 0 unspecified atom stereocenters. The Labute approximate surface area is 115 Å². The first-order valence-electron chi connectivity index (χ1n) is 5.60. The molecular weight excluding hydrogens is 264 g/mol. The Kier molecular flexibility index (Phi) is 3.66. The molecule has 0 aliphatic heterocycles. The summed E-state index contributed by atoms with van der Waals surface area (Å²) in [5, 5.41) is 8.03. The molecule has 2 aromatic rings. The van der Waals surface area contributed by atoms with Crippen LogP contribution in [0.15, 0.2) is 24.3 Å². The highest BCUT2D eigenvalue weighted by Gasteiger charge is 2.08. The van der Waals surface area contributed by atoms with Crippen LogP contribution in [0.5, 0.6) is 11.8 Å². The second kappa shape index (κ2) is 5.24. The van der Waals surface area contributed by atoms with Crippen molar-refractivity contribution >= 4 is 17.4 Å². The molecule has 5 nitrogen and oxygen atoms in total. The molecule has 19 heavy (non-hydrogen) atoms. The smallest absolute Gasteiger partial charge is 0.322 e. The predicted molar refractivity (Wildman–Crippen MR) is 74.0 cm³/mol. The Balaban J connectivity index is 2.35. The molecule has 0 bridgehead atoms. The summed E-state index contributed by atoms with van der Waals surface area (Å²) < 4.78 is 5.60. The van der Waals surface area contributed by atoms with E-state index in [0.29, 0.717) is 22.2 Å². The molecule has 6 heteroatoms. The van der Waals surface area contributed by atoms with E-state index in [1.165, 1.54) is 0 Å². The van der Waals surface area contributed by atoms with Crippen molar-refractivity contribution in [1.29, 1.82) is 5.41 Å². The van der Waals surface area contributed by atoms with Crippen molar-refractivity contribution in [1.82, 2.24) is 9.97 Å². The minimum Gasteiger partial charge on any atom is -0.424 e. The number of rotatable bonds is 3. The summed E-state index contributed by atoms with van der Waals surface area (Å²) >= 11 is 5.88. The number of hydrogen-bond acceptors (Lipinski definition) is 4. The van der Waals surface area contributed by atoms with Gasteiger partial charge >= 0.3 is 6.01 Å². The van der Waals surface area contributed by atoms with Gasteiger partial charge in [-0.25, -0.2) is 4.98 Å². The van der Waals surface area contributed by atoms with Crippen LogP contribution in [0, 0.1) is 19.3 Å². The van der Waals surface area contributed by atoms with Gasteiger partial charge in [0.25, 0.3) is 0 Å². The van der Waals surface area contributed by atoms with Gasteiger partial charge in [0.05, 0.1) is 0 Å². The van der Waals surface area contributed by atoms with Gasteiger partial charge in [-0.05, 0) is 43.7 Å². The van der Waals surface area contributed by atoms with Gasteiger partial charge in [-0.15, -0.1) is 0 Å². The third-order valence-electron chi connectivity index (χ3n) is 2.45.